The molecule has 0 aliphatic heterocycles. The SMILES string of the molecule is COC(=O)C1=C[C@H](NC(=O)OC(C)(C)C)[C@@H](F)C1.N[C@H]1C=C(C(=O)O)C[C@@H]1F. The van der Waals surface area contributed by atoms with E-state index >= 15 is 0 Å². The van der Waals surface area contributed by atoms with E-state index in [4.69, 9.17) is 15.6 Å². The van der Waals surface area contributed by atoms with E-state index in [0.29, 0.717) is 0 Å². The number of nitrogens with one attached hydrogen (secondary N) is 1. The third-order valence-corrected chi connectivity index (χ3v) is 3.82. The molecule has 28 heavy (non-hydrogen) atoms. The number of rotatable bonds is 3. The number of carbonyl (C=O) groups is 3. The summed E-state index contributed by atoms with van der Waals surface area (Å²) in [5, 5.41) is 10.7. The Balaban J connectivity index is 0.000000330. The van der Waals surface area contributed by atoms with E-state index in [-0.39, 0.29) is 24.0 Å². The molecule has 8 nitrogen and oxygen atoms in total. The largest absolute Gasteiger partial charge is 0.478 e. The Bertz CT molecular complexity index is 671. The Labute approximate surface area is 161 Å². The Morgan fingerprint density at radius 1 is 1.14 bits per heavy atom. The quantitative estimate of drug-likeness (QED) is 0.612. The van der Waals surface area contributed by atoms with Crippen molar-refractivity contribution in [3.8, 4) is 0 Å². The van der Waals surface area contributed by atoms with Gasteiger partial charge in [0.05, 0.1) is 19.2 Å². The van der Waals surface area contributed by atoms with Crippen molar-refractivity contribution in [3.63, 3.8) is 0 Å². The topological polar surface area (TPSA) is 128 Å². The number of amides is 1. The molecule has 0 spiro atoms. The van der Waals surface area contributed by atoms with Gasteiger partial charge < -0.3 is 25.6 Å². The molecule has 4 atom stereocenters. The summed E-state index contributed by atoms with van der Waals surface area (Å²) in [7, 11) is 1.23. The highest BCUT2D eigenvalue weighted by molar-refractivity contribution is 5.89. The fraction of sp³-hybridized carbons (Fsp3) is 0.611. The molecule has 4 N–H and O–H groups in total. The number of ether oxygens (including phenoxy) is 2. The number of carboxylic acids is 1. The minimum absolute atomic E-state index is 0.0590. The maximum absolute atomic E-state index is 13.6. The number of esters is 1. The molecule has 0 bridgehead atoms. The molecule has 10 heteroatoms. The van der Waals surface area contributed by atoms with E-state index in [1.54, 1.807) is 20.8 Å². The number of halogens is 2. The standard InChI is InChI=1S/C12H18FNO4.C6H8FNO2/c1-12(2,3)18-11(16)14-9-6-7(5-8(9)13)10(15)17-4;7-4-1-3(6(9)10)2-5(4)8/h6,8-9H,5H2,1-4H3,(H,14,16);2,4-5H,1,8H2,(H,9,10)/t8-,9-;4-,5-/m00/s1. The molecule has 158 valence electrons. The summed E-state index contributed by atoms with van der Waals surface area (Å²) in [5.41, 5.74) is 4.85. The van der Waals surface area contributed by atoms with E-state index in [0.717, 1.165) is 0 Å². The van der Waals surface area contributed by atoms with Crippen LogP contribution in [0.25, 0.3) is 0 Å². The smallest absolute Gasteiger partial charge is 0.408 e. The number of methoxy groups -OCH3 is 1. The van der Waals surface area contributed by atoms with Crippen LogP contribution in [0, 0.1) is 0 Å². The molecule has 0 saturated heterocycles. The Morgan fingerprint density at radius 2 is 1.71 bits per heavy atom. The number of hydrogen-bond donors (Lipinski definition) is 3. The van der Waals surface area contributed by atoms with Crippen molar-refractivity contribution in [2.45, 2.75) is 63.6 Å². The van der Waals surface area contributed by atoms with E-state index in [1.165, 1.54) is 19.3 Å². The first-order valence-corrected chi connectivity index (χ1v) is 8.60. The fourth-order valence-electron chi connectivity index (χ4n) is 2.49. The first-order chi connectivity index (χ1) is 12.8. The zero-order chi connectivity index (χ0) is 21.6. The first-order valence-electron chi connectivity index (χ1n) is 8.60. The van der Waals surface area contributed by atoms with E-state index in [1.807, 2.05) is 0 Å². The molecule has 0 radical (unpaired) electrons. The average molecular weight is 404 g/mol. The van der Waals surface area contributed by atoms with Crippen LogP contribution in [-0.4, -0.2) is 60.3 Å². The fourth-order valence-corrected chi connectivity index (χ4v) is 2.49. The zero-order valence-electron chi connectivity index (χ0n) is 16.2. The van der Waals surface area contributed by atoms with Gasteiger partial charge in [0.2, 0.25) is 0 Å². The van der Waals surface area contributed by atoms with Gasteiger partial charge in [0, 0.05) is 24.0 Å². The molecule has 2 rings (SSSR count). The third-order valence-electron chi connectivity index (χ3n) is 3.82. The molecule has 0 aromatic heterocycles. The van der Waals surface area contributed by atoms with Crippen molar-refractivity contribution in [3.05, 3.63) is 23.3 Å². The number of carbonyl (C=O) groups excluding carboxylic acids is 2. The second-order valence-electron chi connectivity index (χ2n) is 7.37. The normalized spacial score (nSPS) is 26.4. The van der Waals surface area contributed by atoms with Gasteiger partial charge in [0.25, 0.3) is 0 Å². The molecule has 0 heterocycles. The zero-order valence-corrected chi connectivity index (χ0v) is 16.2. The number of aliphatic carboxylic acids is 1. The van der Waals surface area contributed by atoms with Crippen molar-refractivity contribution in [2.75, 3.05) is 7.11 Å². The average Bonchev–Trinajstić information content (AvgIpc) is 3.09. The molecule has 1 amide bonds. The van der Waals surface area contributed by atoms with Crippen LogP contribution in [0.2, 0.25) is 0 Å². The van der Waals surface area contributed by atoms with Crippen molar-refractivity contribution in [2.24, 2.45) is 5.73 Å². The Morgan fingerprint density at radius 3 is 2.11 bits per heavy atom. The maximum atomic E-state index is 13.6. The lowest BCUT2D eigenvalue weighted by Gasteiger charge is -2.21. The van der Waals surface area contributed by atoms with E-state index < -0.39 is 48.1 Å². The lowest BCUT2D eigenvalue weighted by Crippen LogP contribution is -2.41. The molecule has 0 saturated carbocycles. The first kappa shape index (κ1) is 23.5. The number of alkyl halides is 2. The Hall–Kier alpha value is -2.49. The van der Waals surface area contributed by atoms with Gasteiger partial charge in [0.15, 0.2) is 0 Å². The second kappa shape index (κ2) is 9.63. The van der Waals surface area contributed by atoms with Crippen LogP contribution in [0.3, 0.4) is 0 Å². The van der Waals surface area contributed by atoms with Crippen molar-refractivity contribution >= 4 is 18.0 Å². The van der Waals surface area contributed by atoms with Crippen LogP contribution in [0.4, 0.5) is 13.6 Å². The van der Waals surface area contributed by atoms with Crippen LogP contribution >= 0.6 is 0 Å². The molecular weight excluding hydrogens is 378 g/mol. The van der Waals surface area contributed by atoms with Gasteiger partial charge in [-0.1, -0.05) is 6.08 Å². The summed E-state index contributed by atoms with van der Waals surface area (Å²) in [5.74, 6) is -1.65. The molecule has 0 unspecified atom stereocenters. The molecule has 0 fully saturated rings. The van der Waals surface area contributed by atoms with Crippen molar-refractivity contribution in [1.29, 1.82) is 0 Å². The van der Waals surface area contributed by atoms with Gasteiger partial charge in [-0.3, -0.25) is 0 Å². The van der Waals surface area contributed by atoms with Gasteiger partial charge in [0.1, 0.15) is 17.9 Å². The Kier molecular flexibility index (Phi) is 8.10. The predicted octanol–water partition coefficient (Wildman–Crippen LogP) is 1.79. The monoisotopic (exact) mass is 404 g/mol. The molecule has 2 aliphatic carbocycles. The van der Waals surface area contributed by atoms with Crippen molar-refractivity contribution in [1.82, 2.24) is 5.32 Å². The minimum Gasteiger partial charge on any atom is -0.478 e. The summed E-state index contributed by atoms with van der Waals surface area (Å²) in [6.07, 6.45) is -0.771. The van der Waals surface area contributed by atoms with Gasteiger partial charge in [-0.05, 0) is 26.8 Å². The summed E-state index contributed by atoms with van der Waals surface area (Å²) < 4.78 is 35.6. The molecule has 0 aromatic rings. The van der Waals surface area contributed by atoms with Gasteiger partial charge >= 0.3 is 18.0 Å². The van der Waals surface area contributed by atoms with E-state index in [2.05, 4.69) is 10.1 Å². The third kappa shape index (κ3) is 7.26. The van der Waals surface area contributed by atoms with Gasteiger partial charge in [-0.15, -0.1) is 0 Å². The lowest BCUT2D eigenvalue weighted by molar-refractivity contribution is -0.136. The predicted molar refractivity (Wildman–Crippen MR) is 96.0 cm³/mol. The summed E-state index contributed by atoms with van der Waals surface area (Å²) in [6.45, 7) is 5.14. The van der Waals surface area contributed by atoms with Crippen LogP contribution in [0.5, 0.6) is 0 Å². The lowest BCUT2D eigenvalue weighted by atomic mass is 10.2. The summed E-state index contributed by atoms with van der Waals surface area (Å²) in [4.78, 5) is 32.9. The summed E-state index contributed by atoms with van der Waals surface area (Å²) >= 11 is 0. The number of carboxylic acid groups (broad SMARTS) is 1. The number of alkyl carbamates (subject to hydrolysis) is 1. The second-order valence-corrected chi connectivity index (χ2v) is 7.37. The van der Waals surface area contributed by atoms with E-state index in [9.17, 15) is 23.2 Å². The minimum atomic E-state index is -1.34. The van der Waals surface area contributed by atoms with Gasteiger partial charge in [-0.25, -0.2) is 23.2 Å². The number of nitrogens with two attached hydrogens (primary N) is 1. The molecule has 2 aliphatic rings. The highest BCUT2D eigenvalue weighted by Gasteiger charge is 2.33. The molecule has 0 aromatic carbocycles. The molecular formula is C18H26F2N2O6. The van der Waals surface area contributed by atoms with Crippen LogP contribution < -0.4 is 11.1 Å². The van der Waals surface area contributed by atoms with Crippen molar-refractivity contribution < 1.29 is 37.7 Å². The highest BCUT2D eigenvalue weighted by atomic mass is 19.1. The van der Waals surface area contributed by atoms with Crippen LogP contribution in [0.15, 0.2) is 23.3 Å². The maximum Gasteiger partial charge on any atom is 0.408 e. The van der Waals surface area contributed by atoms with Gasteiger partial charge in [-0.2, -0.15) is 0 Å². The summed E-state index contributed by atoms with van der Waals surface area (Å²) in [6, 6.07) is -1.58. The van der Waals surface area contributed by atoms with Crippen LogP contribution in [-0.2, 0) is 19.1 Å². The highest BCUT2D eigenvalue weighted by Crippen LogP contribution is 2.23. The van der Waals surface area contributed by atoms with Crippen LogP contribution in [0.1, 0.15) is 33.6 Å². The number of hydrogen-bond acceptors (Lipinski definition) is 6.